The Morgan fingerprint density at radius 1 is 0.780 bits per heavy atom. The molecule has 41 heavy (non-hydrogen) atoms. The molecule has 0 aromatic heterocycles. The van der Waals surface area contributed by atoms with E-state index in [9.17, 15) is 19.2 Å². The number of amides is 4. The molecule has 9 heteroatoms. The van der Waals surface area contributed by atoms with E-state index in [1.54, 1.807) is 97.1 Å². The van der Waals surface area contributed by atoms with Crippen LogP contribution < -0.4 is 10.6 Å². The lowest BCUT2D eigenvalue weighted by atomic mass is 10.1. The molecule has 0 fully saturated rings. The average molecular weight is 582 g/mol. The Bertz CT molecular complexity index is 1600. The van der Waals surface area contributed by atoms with Crippen LogP contribution in [0.4, 0.5) is 5.69 Å². The predicted octanol–water partition coefficient (Wildman–Crippen LogP) is 6.14. The third kappa shape index (κ3) is 6.74. The van der Waals surface area contributed by atoms with Gasteiger partial charge in [-0.1, -0.05) is 54.1 Å². The molecule has 0 radical (unpaired) electrons. The van der Waals surface area contributed by atoms with Gasteiger partial charge in [0.05, 0.1) is 11.1 Å². The van der Waals surface area contributed by atoms with Gasteiger partial charge in [0.25, 0.3) is 23.6 Å². The van der Waals surface area contributed by atoms with Crippen molar-refractivity contribution in [2.75, 3.05) is 17.6 Å². The molecule has 4 amide bonds. The summed E-state index contributed by atoms with van der Waals surface area (Å²) in [6.45, 7) is 0.287. The highest BCUT2D eigenvalue weighted by molar-refractivity contribution is 7.99. The van der Waals surface area contributed by atoms with Crippen LogP contribution in [0.25, 0.3) is 6.08 Å². The van der Waals surface area contributed by atoms with Crippen molar-refractivity contribution < 1.29 is 19.2 Å². The van der Waals surface area contributed by atoms with Gasteiger partial charge in [-0.25, -0.2) is 0 Å². The summed E-state index contributed by atoms with van der Waals surface area (Å²) in [5.74, 6) is -0.922. The van der Waals surface area contributed by atoms with Crippen LogP contribution in [0, 0.1) is 0 Å². The monoisotopic (exact) mass is 581 g/mol. The predicted molar refractivity (Wildman–Crippen MR) is 161 cm³/mol. The van der Waals surface area contributed by atoms with Crippen molar-refractivity contribution in [2.45, 2.75) is 4.90 Å². The number of hydrogen-bond acceptors (Lipinski definition) is 5. The van der Waals surface area contributed by atoms with Gasteiger partial charge in [0.15, 0.2) is 0 Å². The molecule has 0 saturated heterocycles. The highest BCUT2D eigenvalue weighted by atomic mass is 35.5. The minimum Gasteiger partial charge on any atom is -0.321 e. The number of fused-ring (bicyclic) bond motifs is 1. The van der Waals surface area contributed by atoms with Crippen molar-refractivity contribution in [3.05, 3.63) is 136 Å². The maximum Gasteiger partial charge on any atom is 0.272 e. The van der Waals surface area contributed by atoms with E-state index in [-0.39, 0.29) is 24.1 Å². The molecular formula is C32H24ClN3O4S. The maximum absolute atomic E-state index is 13.2. The number of anilines is 1. The molecule has 7 nitrogen and oxygen atoms in total. The summed E-state index contributed by atoms with van der Waals surface area (Å²) in [6.07, 6.45) is 1.58. The third-order valence-corrected chi connectivity index (χ3v) is 7.53. The van der Waals surface area contributed by atoms with E-state index in [0.717, 1.165) is 4.90 Å². The summed E-state index contributed by atoms with van der Waals surface area (Å²) in [5, 5.41) is 6.09. The number of nitrogens with zero attached hydrogens (tertiary/aromatic N) is 1. The maximum atomic E-state index is 13.2. The quantitative estimate of drug-likeness (QED) is 0.141. The van der Waals surface area contributed by atoms with E-state index in [2.05, 4.69) is 10.6 Å². The van der Waals surface area contributed by atoms with Crippen molar-refractivity contribution in [2.24, 2.45) is 0 Å². The molecule has 0 bridgehead atoms. The molecule has 0 aliphatic carbocycles. The minimum atomic E-state index is -0.491. The second kappa shape index (κ2) is 12.7. The summed E-state index contributed by atoms with van der Waals surface area (Å²) in [7, 11) is 0. The zero-order valence-corrected chi connectivity index (χ0v) is 23.2. The van der Waals surface area contributed by atoms with Crippen molar-refractivity contribution in [1.82, 2.24) is 10.2 Å². The Morgan fingerprint density at radius 2 is 1.39 bits per heavy atom. The normalized spacial score (nSPS) is 12.7. The van der Waals surface area contributed by atoms with Gasteiger partial charge in [0.2, 0.25) is 0 Å². The summed E-state index contributed by atoms with van der Waals surface area (Å²) in [6, 6.07) is 29.5. The summed E-state index contributed by atoms with van der Waals surface area (Å²) < 4.78 is 0. The number of benzene rings is 4. The van der Waals surface area contributed by atoms with E-state index < -0.39 is 11.8 Å². The number of carbonyl (C=O) groups excluding carboxylic acids is 4. The average Bonchev–Trinajstić information content (AvgIpc) is 3.24. The number of hydrogen-bond donors (Lipinski definition) is 2. The molecule has 2 N–H and O–H groups in total. The van der Waals surface area contributed by atoms with Gasteiger partial charge < -0.3 is 10.6 Å². The molecule has 1 aliphatic heterocycles. The van der Waals surface area contributed by atoms with E-state index in [1.165, 1.54) is 16.7 Å². The summed E-state index contributed by atoms with van der Waals surface area (Å²) in [5.41, 5.74) is 2.60. The standard InChI is InChI=1S/C32H24ClN3O4S/c33-23-12-10-21(11-13-23)20-28(35-29(37)22-6-2-1-3-7-22)30(38)34-24-14-16-25(17-15-24)41-19-18-36-31(39)26-8-4-5-9-27(26)32(36)40/h1-17,20H,18-19H2,(H,34,38)(H,35,37)/b28-20-. The Hall–Kier alpha value is -4.66. The lowest BCUT2D eigenvalue weighted by molar-refractivity contribution is -0.113. The zero-order chi connectivity index (χ0) is 28.8. The second-order valence-corrected chi connectivity index (χ2v) is 10.7. The third-order valence-electron chi connectivity index (χ3n) is 6.28. The molecule has 204 valence electrons. The second-order valence-electron chi connectivity index (χ2n) is 9.06. The zero-order valence-electron chi connectivity index (χ0n) is 21.7. The Kier molecular flexibility index (Phi) is 8.62. The van der Waals surface area contributed by atoms with Crippen molar-refractivity contribution in [1.29, 1.82) is 0 Å². The van der Waals surface area contributed by atoms with Gasteiger partial charge in [-0.15, -0.1) is 11.8 Å². The fraction of sp³-hybridized carbons (Fsp3) is 0.0625. The molecule has 1 heterocycles. The SMILES string of the molecule is O=C(Nc1ccc(SCCN2C(=O)c3ccccc3C2=O)cc1)/C(=C/c1ccc(Cl)cc1)NC(=O)c1ccccc1. The molecule has 0 atom stereocenters. The Balaban J connectivity index is 1.21. The Labute approximate surface area is 246 Å². The lowest BCUT2D eigenvalue weighted by Crippen LogP contribution is -2.31. The van der Waals surface area contributed by atoms with Gasteiger partial charge in [-0.2, -0.15) is 0 Å². The van der Waals surface area contributed by atoms with Gasteiger partial charge in [0.1, 0.15) is 5.70 Å². The number of imide groups is 1. The summed E-state index contributed by atoms with van der Waals surface area (Å²) >= 11 is 7.48. The van der Waals surface area contributed by atoms with Crippen molar-refractivity contribution in [3.8, 4) is 0 Å². The molecule has 0 saturated carbocycles. The van der Waals surface area contributed by atoms with Crippen LogP contribution in [-0.4, -0.2) is 40.8 Å². The number of thioether (sulfide) groups is 1. The molecule has 5 rings (SSSR count). The van der Waals surface area contributed by atoms with Gasteiger partial charge >= 0.3 is 0 Å². The fourth-order valence-electron chi connectivity index (χ4n) is 4.20. The first kappa shape index (κ1) is 27.9. The number of carbonyl (C=O) groups is 4. The highest BCUT2D eigenvalue weighted by Crippen LogP contribution is 2.25. The molecule has 4 aromatic carbocycles. The van der Waals surface area contributed by atoms with Gasteiger partial charge in [0, 0.05) is 33.5 Å². The number of halogens is 1. The molecule has 1 aliphatic rings. The minimum absolute atomic E-state index is 0.0700. The largest absolute Gasteiger partial charge is 0.321 e. The van der Waals surface area contributed by atoms with Crippen LogP contribution in [0.5, 0.6) is 0 Å². The molecule has 4 aromatic rings. The van der Waals surface area contributed by atoms with Crippen molar-refractivity contribution >= 4 is 58.8 Å². The van der Waals surface area contributed by atoms with Crippen LogP contribution in [0.15, 0.2) is 114 Å². The van der Waals surface area contributed by atoms with Crippen molar-refractivity contribution in [3.63, 3.8) is 0 Å². The topological polar surface area (TPSA) is 95.6 Å². The van der Waals surface area contributed by atoms with E-state index >= 15 is 0 Å². The molecular weight excluding hydrogens is 558 g/mol. The first-order valence-corrected chi connectivity index (χ1v) is 14.1. The number of nitrogens with one attached hydrogen (secondary N) is 2. The van der Waals surface area contributed by atoms with E-state index in [4.69, 9.17) is 11.6 Å². The van der Waals surface area contributed by atoms with E-state index in [1.807, 2.05) is 12.1 Å². The smallest absolute Gasteiger partial charge is 0.272 e. The highest BCUT2D eigenvalue weighted by Gasteiger charge is 2.34. The summed E-state index contributed by atoms with van der Waals surface area (Å²) in [4.78, 5) is 53.3. The van der Waals surface area contributed by atoms with Crippen LogP contribution in [0.3, 0.4) is 0 Å². The molecule has 0 unspecified atom stereocenters. The fourth-order valence-corrected chi connectivity index (χ4v) is 5.16. The lowest BCUT2D eigenvalue weighted by Gasteiger charge is -2.14. The first-order chi connectivity index (χ1) is 19.9. The van der Waals surface area contributed by atoms with Crippen LogP contribution in [0.2, 0.25) is 5.02 Å². The Morgan fingerprint density at radius 3 is 2.02 bits per heavy atom. The van der Waals surface area contributed by atoms with Crippen LogP contribution in [0.1, 0.15) is 36.6 Å². The van der Waals surface area contributed by atoms with Gasteiger partial charge in [-0.05, 0) is 72.3 Å². The van der Waals surface area contributed by atoms with Gasteiger partial charge in [-0.3, -0.25) is 24.1 Å². The van der Waals surface area contributed by atoms with Crippen LogP contribution >= 0.6 is 23.4 Å². The number of rotatable bonds is 9. The molecule has 0 spiro atoms. The van der Waals surface area contributed by atoms with Crippen LogP contribution in [-0.2, 0) is 4.79 Å². The first-order valence-electron chi connectivity index (χ1n) is 12.7. The van der Waals surface area contributed by atoms with E-state index in [0.29, 0.717) is 38.7 Å².